The van der Waals surface area contributed by atoms with Crippen LogP contribution in [0.5, 0.6) is 5.75 Å². The zero-order chi connectivity index (χ0) is 18.4. The zero-order valence-electron chi connectivity index (χ0n) is 16.3. The van der Waals surface area contributed by atoms with Crippen molar-refractivity contribution in [3.8, 4) is 5.75 Å². The van der Waals surface area contributed by atoms with E-state index in [-0.39, 0.29) is 24.8 Å². The SMILES string of the molecule is CCNCCCCCNc1c2ccc(Cl)cc2nc2ccc(OC)cc12.Cl.Cl. The first kappa shape index (κ1) is 24.6. The molecule has 0 saturated heterocycles. The van der Waals surface area contributed by atoms with Gasteiger partial charge in [0.15, 0.2) is 0 Å². The van der Waals surface area contributed by atoms with E-state index in [4.69, 9.17) is 21.3 Å². The molecule has 0 amide bonds. The minimum absolute atomic E-state index is 0. The summed E-state index contributed by atoms with van der Waals surface area (Å²) in [4.78, 5) is 4.76. The van der Waals surface area contributed by atoms with Crippen LogP contribution in [0.1, 0.15) is 26.2 Å². The number of unbranched alkanes of at least 4 members (excludes halogenated alkanes) is 2. The number of hydrogen-bond donors (Lipinski definition) is 2. The van der Waals surface area contributed by atoms with Gasteiger partial charge in [0.05, 0.1) is 23.8 Å². The van der Waals surface area contributed by atoms with Gasteiger partial charge in [0, 0.05) is 22.3 Å². The molecule has 3 aromatic rings. The highest BCUT2D eigenvalue weighted by molar-refractivity contribution is 6.31. The largest absolute Gasteiger partial charge is 0.497 e. The second-order valence-electron chi connectivity index (χ2n) is 6.37. The molecule has 7 heteroatoms. The highest BCUT2D eigenvalue weighted by atomic mass is 35.5. The van der Waals surface area contributed by atoms with Gasteiger partial charge in [-0.15, -0.1) is 24.8 Å². The number of anilines is 1. The Balaban J connectivity index is 0.00000196. The van der Waals surface area contributed by atoms with Gasteiger partial charge in [-0.3, -0.25) is 0 Å². The lowest BCUT2D eigenvalue weighted by atomic mass is 10.1. The minimum atomic E-state index is 0. The monoisotopic (exact) mass is 443 g/mol. The average molecular weight is 445 g/mol. The van der Waals surface area contributed by atoms with Gasteiger partial charge < -0.3 is 15.4 Å². The van der Waals surface area contributed by atoms with Crippen molar-refractivity contribution >= 4 is 63.9 Å². The number of benzene rings is 2. The fourth-order valence-corrected chi connectivity index (χ4v) is 3.32. The van der Waals surface area contributed by atoms with Crippen LogP contribution in [0.25, 0.3) is 21.8 Å². The molecule has 1 aromatic heterocycles. The van der Waals surface area contributed by atoms with Crippen molar-refractivity contribution in [1.29, 1.82) is 0 Å². The van der Waals surface area contributed by atoms with E-state index in [0.717, 1.165) is 59.3 Å². The van der Waals surface area contributed by atoms with Crippen LogP contribution in [0.2, 0.25) is 5.02 Å². The fraction of sp³-hybridized carbons (Fsp3) is 0.381. The van der Waals surface area contributed by atoms with Crippen molar-refractivity contribution in [2.24, 2.45) is 0 Å². The lowest BCUT2D eigenvalue weighted by Gasteiger charge is -2.14. The molecular formula is C21H28Cl3N3O. The summed E-state index contributed by atoms with van der Waals surface area (Å²) < 4.78 is 5.41. The van der Waals surface area contributed by atoms with Crippen LogP contribution in [0.15, 0.2) is 36.4 Å². The molecule has 0 saturated carbocycles. The molecule has 0 aliphatic heterocycles. The summed E-state index contributed by atoms with van der Waals surface area (Å²) in [5, 5.41) is 9.86. The minimum Gasteiger partial charge on any atom is -0.497 e. The van der Waals surface area contributed by atoms with Gasteiger partial charge in [-0.1, -0.05) is 24.9 Å². The molecule has 0 spiro atoms. The van der Waals surface area contributed by atoms with Crippen molar-refractivity contribution in [2.45, 2.75) is 26.2 Å². The third-order valence-corrected chi connectivity index (χ3v) is 4.76. The molecule has 0 radical (unpaired) electrons. The molecule has 2 aromatic carbocycles. The second kappa shape index (κ2) is 12.2. The molecule has 4 nitrogen and oxygen atoms in total. The Morgan fingerprint density at radius 3 is 2.46 bits per heavy atom. The molecule has 1 heterocycles. The number of pyridine rings is 1. The molecule has 3 rings (SSSR count). The number of nitrogens with zero attached hydrogens (tertiary/aromatic N) is 1. The highest BCUT2D eigenvalue weighted by Crippen LogP contribution is 2.34. The standard InChI is InChI=1S/C21H26ClN3O.2ClH/c1-3-23-11-5-4-6-12-24-21-17-9-7-15(22)13-20(17)25-19-10-8-16(26-2)14-18(19)21;;/h7-10,13-14,23H,3-6,11-12H2,1-2H3,(H,24,25);2*1H. The fourth-order valence-electron chi connectivity index (χ4n) is 3.16. The van der Waals surface area contributed by atoms with Gasteiger partial charge in [-0.25, -0.2) is 4.98 Å². The first-order chi connectivity index (χ1) is 12.7. The normalized spacial score (nSPS) is 10.4. The van der Waals surface area contributed by atoms with Crippen molar-refractivity contribution < 1.29 is 4.74 Å². The summed E-state index contributed by atoms with van der Waals surface area (Å²) >= 11 is 6.17. The first-order valence-corrected chi connectivity index (χ1v) is 9.62. The maximum Gasteiger partial charge on any atom is 0.119 e. The zero-order valence-corrected chi connectivity index (χ0v) is 18.6. The molecule has 0 fully saturated rings. The summed E-state index contributed by atoms with van der Waals surface area (Å²) in [6.07, 6.45) is 3.54. The van der Waals surface area contributed by atoms with Crippen LogP contribution in [0.4, 0.5) is 5.69 Å². The maximum absolute atomic E-state index is 6.17. The molecule has 0 aliphatic rings. The smallest absolute Gasteiger partial charge is 0.119 e. The maximum atomic E-state index is 6.17. The van der Waals surface area contributed by atoms with Crippen molar-refractivity contribution in [3.05, 3.63) is 41.4 Å². The van der Waals surface area contributed by atoms with Crippen molar-refractivity contribution in [2.75, 3.05) is 32.1 Å². The summed E-state index contributed by atoms with van der Waals surface area (Å²) in [6, 6.07) is 11.9. The van der Waals surface area contributed by atoms with Crippen LogP contribution in [-0.2, 0) is 0 Å². The van der Waals surface area contributed by atoms with E-state index < -0.39 is 0 Å². The first-order valence-electron chi connectivity index (χ1n) is 9.24. The van der Waals surface area contributed by atoms with Crippen LogP contribution in [0.3, 0.4) is 0 Å². The summed E-state index contributed by atoms with van der Waals surface area (Å²) in [5.41, 5.74) is 2.95. The number of methoxy groups -OCH3 is 1. The van der Waals surface area contributed by atoms with E-state index in [1.165, 1.54) is 12.8 Å². The number of rotatable bonds is 9. The molecular weight excluding hydrogens is 417 g/mol. The van der Waals surface area contributed by atoms with E-state index in [1.54, 1.807) is 7.11 Å². The summed E-state index contributed by atoms with van der Waals surface area (Å²) in [6.45, 7) is 5.20. The molecule has 2 N–H and O–H groups in total. The third kappa shape index (κ3) is 6.02. The van der Waals surface area contributed by atoms with E-state index >= 15 is 0 Å². The van der Waals surface area contributed by atoms with E-state index in [9.17, 15) is 0 Å². The van der Waals surface area contributed by atoms with E-state index in [2.05, 4.69) is 17.6 Å². The average Bonchev–Trinajstić information content (AvgIpc) is 2.66. The van der Waals surface area contributed by atoms with Crippen LogP contribution >= 0.6 is 36.4 Å². The number of aromatic nitrogens is 1. The third-order valence-electron chi connectivity index (χ3n) is 4.53. The quantitative estimate of drug-likeness (QED) is 0.310. The van der Waals surface area contributed by atoms with Gasteiger partial charge in [-0.2, -0.15) is 0 Å². The van der Waals surface area contributed by atoms with Crippen LogP contribution in [0, 0.1) is 0 Å². The molecule has 0 unspecified atom stereocenters. The van der Waals surface area contributed by atoms with E-state index in [1.807, 2.05) is 36.4 Å². The van der Waals surface area contributed by atoms with E-state index in [0.29, 0.717) is 5.02 Å². The summed E-state index contributed by atoms with van der Waals surface area (Å²) in [5.74, 6) is 0.835. The van der Waals surface area contributed by atoms with Gasteiger partial charge in [0.2, 0.25) is 0 Å². The Morgan fingerprint density at radius 2 is 1.71 bits per heavy atom. The predicted molar refractivity (Wildman–Crippen MR) is 126 cm³/mol. The Bertz CT molecular complexity index is 890. The number of fused-ring (bicyclic) bond motifs is 2. The molecule has 154 valence electrons. The Hall–Kier alpha value is -1.46. The number of hydrogen-bond acceptors (Lipinski definition) is 4. The molecule has 0 bridgehead atoms. The van der Waals surface area contributed by atoms with Gasteiger partial charge in [0.25, 0.3) is 0 Å². The highest BCUT2D eigenvalue weighted by Gasteiger charge is 2.10. The number of nitrogens with one attached hydrogen (secondary N) is 2. The number of ether oxygens (including phenoxy) is 1. The molecule has 0 atom stereocenters. The lowest BCUT2D eigenvalue weighted by molar-refractivity contribution is 0.415. The van der Waals surface area contributed by atoms with Crippen molar-refractivity contribution in [1.82, 2.24) is 10.3 Å². The topological polar surface area (TPSA) is 46.2 Å². The molecule has 0 aliphatic carbocycles. The van der Waals surface area contributed by atoms with Crippen LogP contribution in [-0.4, -0.2) is 31.7 Å². The Kier molecular flexibility index (Phi) is 10.7. The van der Waals surface area contributed by atoms with Gasteiger partial charge >= 0.3 is 0 Å². The van der Waals surface area contributed by atoms with Crippen molar-refractivity contribution in [3.63, 3.8) is 0 Å². The lowest BCUT2D eigenvalue weighted by Crippen LogP contribution is -2.14. The Morgan fingerprint density at radius 1 is 0.929 bits per heavy atom. The van der Waals surface area contributed by atoms with Crippen LogP contribution < -0.4 is 15.4 Å². The summed E-state index contributed by atoms with van der Waals surface area (Å²) in [7, 11) is 1.69. The predicted octanol–water partition coefficient (Wildman–Crippen LogP) is 6.09. The Labute approximate surface area is 184 Å². The number of halogens is 3. The molecule has 28 heavy (non-hydrogen) atoms. The van der Waals surface area contributed by atoms with Gasteiger partial charge in [-0.05, 0) is 62.3 Å². The van der Waals surface area contributed by atoms with Gasteiger partial charge in [0.1, 0.15) is 5.75 Å². The second-order valence-corrected chi connectivity index (χ2v) is 6.81.